The van der Waals surface area contributed by atoms with E-state index in [-0.39, 0.29) is 11.7 Å². The van der Waals surface area contributed by atoms with Crippen LogP contribution in [-0.2, 0) is 11.2 Å². The number of hydrogen-bond acceptors (Lipinski definition) is 3. The molecule has 0 saturated heterocycles. The Hall–Kier alpha value is -2.04. The summed E-state index contributed by atoms with van der Waals surface area (Å²) in [5, 5.41) is 14.3. The number of nitrogens with zero attached hydrogens (tertiary/aromatic N) is 1. The molecular weight excluding hydrogens is 242 g/mol. The summed E-state index contributed by atoms with van der Waals surface area (Å²) in [5.74, 6) is -0.142. The standard InChI is InChI=1S/C14H21N3O2/c1-10-6-4-5-7-11(10)8-9-12(18)16-14(2,3)13(15)17-19/h4-7,19H,8-9H2,1-3H3,(H2,15,17)(H,16,18). The number of rotatable bonds is 5. The summed E-state index contributed by atoms with van der Waals surface area (Å²) in [6.07, 6.45) is 1.04. The number of aryl methyl sites for hydroxylation is 2. The summed E-state index contributed by atoms with van der Waals surface area (Å²) in [7, 11) is 0. The van der Waals surface area contributed by atoms with E-state index in [1.165, 1.54) is 5.56 Å². The van der Waals surface area contributed by atoms with Crippen LogP contribution in [0.25, 0.3) is 0 Å². The predicted octanol–water partition coefficient (Wildman–Crippen LogP) is 1.57. The number of oxime groups is 1. The molecule has 1 rings (SSSR count). The molecule has 5 nitrogen and oxygen atoms in total. The van der Waals surface area contributed by atoms with E-state index in [9.17, 15) is 4.79 Å². The molecule has 1 amide bonds. The number of nitrogens with one attached hydrogen (secondary N) is 1. The first-order valence-corrected chi connectivity index (χ1v) is 6.20. The molecule has 4 N–H and O–H groups in total. The van der Waals surface area contributed by atoms with Gasteiger partial charge in [0.1, 0.15) is 0 Å². The second-order valence-corrected chi connectivity index (χ2v) is 5.08. The number of nitrogens with two attached hydrogens (primary N) is 1. The van der Waals surface area contributed by atoms with Gasteiger partial charge in [-0.15, -0.1) is 0 Å². The Morgan fingerprint density at radius 3 is 2.63 bits per heavy atom. The van der Waals surface area contributed by atoms with Gasteiger partial charge in [-0.3, -0.25) is 4.79 Å². The third-order valence-electron chi connectivity index (χ3n) is 3.08. The van der Waals surface area contributed by atoms with Crippen LogP contribution in [0, 0.1) is 6.92 Å². The molecule has 0 aliphatic carbocycles. The topological polar surface area (TPSA) is 87.7 Å². The highest BCUT2D eigenvalue weighted by Crippen LogP contribution is 2.10. The van der Waals surface area contributed by atoms with Crippen molar-refractivity contribution in [3.63, 3.8) is 0 Å². The van der Waals surface area contributed by atoms with Crippen LogP contribution in [0.1, 0.15) is 31.4 Å². The first-order chi connectivity index (χ1) is 8.86. The molecule has 19 heavy (non-hydrogen) atoms. The molecule has 1 aromatic carbocycles. The zero-order valence-corrected chi connectivity index (χ0v) is 11.6. The lowest BCUT2D eigenvalue weighted by Crippen LogP contribution is -2.53. The van der Waals surface area contributed by atoms with Crippen molar-refractivity contribution in [2.75, 3.05) is 0 Å². The van der Waals surface area contributed by atoms with E-state index in [0.29, 0.717) is 12.8 Å². The fourth-order valence-electron chi connectivity index (χ4n) is 1.74. The normalized spacial score (nSPS) is 12.3. The van der Waals surface area contributed by atoms with E-state index in [1.54, 1.807) is 13.8 Å². The van der Waals surface area contributed by atoms with Crippen molar-refractivity contribution >= 4 is 11.7 Å². The van der Waals surface area contributed by atoms with Gasteiger partial charge in [-0.1, -0.05) is 29.4 Å². The highest BCUT2D eigenvalue weighted by Gasteiger charge is 2.25. The van der Waals surface area contributed by atoms with Crippen LogP contribution in [0.15, 0.2) is 29.4 Å². The number of carbonyl (C=O) groups is 1. The van der Waals surface area contributed by atoms with E-state index in [1.807, 2.05) is 31.2 Å². The molecule has 0 heterocycles. The molecule has 1 aromatic rings. The lowest BCUT2D eigenvalue weighted by atomic mass is 10.0. The van der Waals surface area contributed by atoms with Crippen LogP contribution in [0.5, 0.6) is 0 Å². The molecule has 0 aromatic heterocycles. The Kier molecular flexibility index (Phi) is 4.92. The number of amides is 1. The summed E-state index contributed by atoms with van der Waals surface area (Å²) >= 11 is 0. The minimum absolute atomic E-state index is 0.0169. The Balaban J connectivity index is 2.56. The van der Waals surface area contributed by atoms with Crippen LogP contribution in [-0.4, -0.2) is 22.5 Å². The number of amidine groups is 1. The molecular formula is C14H21N3O2. The van der Waals surface area contributed by atoms with Crippen molar-refractivity contribution < 1.29 is 10.0 Å². The zero-order valence-electron chi connectivity index (χ0n) is 11.6. The molecule has 0 unspecified atom stereocenters. The number of benzene rings is 1. The van der Waals surface area contributed by atoms with Gasteiger partial charge in [0.05, 0.1) is 5.54 Å². The second-order valence-electron chi connectivity index (χ2n) is 5.08. The van der Waals surface area contributed by atoms with Gasteiger partial charge in [-0.05, 0) is 38.3 Å². The van der Waals surface area contributed by atoms with Crippen LogP contribution < -0.4 is 11.1 Å². The van der Waals surface area contributed by atoms with Crippen LogP contribution in [0.2, 0.25) is 0 Å². The van der Waals surface area contributed by atoms with Crippen LogP contribution in [0.3, 0.4) is 0 Å². The van der Waals surface area contributed by atoms with E-state index in [2.05, 4.69) is 10.5 Å². The van der Waals surface area contributed by atoms with E-state index in [4.69, 9.17) is 10.9 Å². The van der Waals surface area contributed by atoms with Gasteiger partial charge in [0.2, 0.25) is 5.91 Å². The van der Waals surface area contributed by atoms with Crippen molar-refractivity contribution in [3.05, 3.63) is 35.4 Å². The summed E-state index contributed by atoms with van der Waals surface area (Å²) < 4.78 is 0. The van der Waals surface area contributed by atoms with Gasteiger partial charge >= 0.3 is 0 Å². The van der Waals surface area contributed by atoms with E-state index >= 15 is 0 Å². The number of carbonyl (C=O) groups excluding carboxylic acids is 1. The van der Waals surface area contributed by atoms with Gasteiger partial charge in [0.15, 0.2) is 5.84 Å². The molecule has 0 radical (unpaired) electrons. The minimum Gasteiger partial charge on any atom is -0.409 e. The van der Waals surface area contributed by atoms with Crippen molar-refractivity contribution in [1.29, 1.82) is 0 Å². The van der Waals surface area contributed by atoms with Crippen molar-refractivity contribution in [2.45, 2.75) is 39.2 Å². The van der Waals surface area contributed by atoms with Gasteiger partial charge in [0.25, 0.3) is 0 Å². The maximum atomic E-state index is 11.9. The number of hydrogen-bond donors (Lipinski definition) is 3. The molecule has 0 atom stereocenters. The Morgan fingerprint density at radius 1 is 1.42 bits per heavy atom. The third kappa shape index (κ3) is 4.28. The Bertz CT molecular complexity index is 481. The molecule has 0 aliphatic rings. The summed E-state index contributed by atoms with van der Waals surface area (Å²) in [5.41, 5.74) is 6.99. The molecule has 104 valence electrons. The minimum atomic E-state index is -0.850. The zero-order chi connectivity index (χ0) is 14.5. The molecule has 0 saturated carbocycles. The molecule has 0 fully saturated rings. The SMILES string of the molecule is Cc1ccccc1CCC(=O)NC(C)(C)C(N)=NO. The highest BCUT2D eigenvalue weighted by atomic mass is 16.4. The Morgan fingerprint density at radius 2 is 2.05 bits per heavy atom. The van der Waals surface area contributed by atoms with Crippen molar-refractivity contribution in [1.82, 2.24) is 5.32 Å². The first kappa shape index (κ1) is 15.0. The van der Waals surface area contributed by atoms with Gasteiger partial charge < -0.3 is 16.3 Å². The predicted molar refractivity (Wildman–Crippen MR) is 75.1 cm³/mol. The molecule has 5 heteroatoms. The summed E-state index contributed by atoms with van der Waals surface area (Å²) in [4.78, 5) is 11.9. The summed E-state index contributed by atoms with van der Waals surface area (Å²) in [6.45, 7) is 5.40. The molecule has 0 spiro atoms. The van der Waals surface area contributed by atoms with Crippen molar-refractivity contribution in [2.24, 2.45) is 10.9 Å². The monoisotopic (exact) mass is 263 g/mol. The maximum absolute atomic E-state index is 11.9. The van der Waals surface area contributed by atoms with E-state index < -0.39 is 5.54 Å². The average molecular weight is 263 g/mol. The fraction of sp³-hybridized carbons (Fsp3) is 0.429. The third-order valence-corrected chi connectivity index (χ3v) is 3.08. The maximum Gasteiger partial charge on any atom is 0.221 e. The van der Waals surface area contributed by atoms with Crippen molar-refractivity contribution in [3.8, 4) is 0 Å². The van der Waals surface area contributed by atoms with E-state index in [0.717, 1.165) is 5.56 Å². The second kappa shape index (κ2) is 6.22. The smallest absolute Gasteiger partial charge is 0.221 e. The van der Waals surface area contributed by atoms with Gasteiger partial charge in [-0.2, -0.15) is 0 Å². The molecule has 0 bridgehead atoms. The first-order valence-electron chi connectivity index (χ1n) is 6.20. The molecule has 0 aliphatic heterocycles. The van der Waals surface area contributed by atoms with Gasteiger partial charge in [0, 0.05) is 6.42 Å². The summed E-state index contributed by atoms with van der Waals surface area (Å²) in [6, 6.07) is 7.96. The largest absolute Gasteiger partial charge is 0.409 e. The lowest BCUT2D eigenvalue weighted by molar-refractivity contribution is -0.122. The fourth-order valence-corrected chi connectivity index (χ4v) is 1.74. The lowest BCUT2D eigenvalue weighted by Gasteiger charge is -2.24. The van der Waals surface area contributed by atoms with Crippen LogP contribution >= 0.6 is 0 Å². The Labute approximate surface area is 113 Å². The highest BCUT2D eigenvalue weighted by molar-refractivity contribution is 5.93. The quantitative estimate of drug-likeness (QED) is 0.326. The van der Waals surface area contributed by atoms with Crippen LogP contribution in [0.4, 0.5) is 0 Å². The average Bonchev–Trinajstić information content (AvgIpc) is 2.36. The van der Waals surface area contributed by atoms with Gasteiger partial charge in [-0.25, -0.2) is 0 Å².